The first-order chi connectivity index (χ1) is 12.4. The summed E-state index contributed by atoms with van der Waals surface area (Å²) in [5, 5.41) is 5.49. The fraction of sp³-hybridized carbons (Fsp3) is 0.571. The Morgan fingerprint density at radius 2 is 1.78 bits per heavy atom. The molecule has 1 unspecified atom stereocenters. The Morgan fingerprint density at radius 1 is 1.19 bits per heavy atom. The summed E-state index contributed by atoms with van der Waals surface area (Å²) in [5.74, 6) is -0.304. The van der Waals surface area contributed by atoms with E-state index in [0.717, 1.165) is 16.9 Å². The van der Waals surface area contributed by atoms with E-state index in [2.05, 4.69) is 45.3 Å². The van der Waals surface area contributed by atoms with Crippen LogP contribution in [-0.4, -0.2) is 34.8 Å². The quantitative estimate of drug-likeness (QED) is 0.747. The second-order valence-electron chi connectivity index (χ2n) is 8.96. The average molecular weight is 373 g/mol. The molecule has 1 saturated heterocycles. The van der Waals surface area contributed by atoms with E-state index in [1.807, 2.05) is 24.3 Å². The Hall–Kier alpha value is -2.37. The smallest absolute Gasteiger partial charge is 0.325 e. The fourth-order valence-corrected chi connectivity index (χ4v) is 3.04. The van der Waals surface area contributed by atoms with Crippen molar-refractivity contribution in [3.05, 3.63) is 29.8 Å². The summed E-state index contributed by atoms with van der Waals surface area (Å²) in [6.07, 6.45) is 1.38. The standard InChI is InChI=1S/C21H31N3O3/c1-14(2)11-12-21(6)18(26)24(19(27)23-21)13-17(25)22-16-9-7-15(8-10-16)20(3,4)5/h7-10,14H,11-13H2,1-6H3,(H,22,25)(H,23,27). The van der Waals surface area contributed by atoms with Crippen molar-refractivity contribution in [1.29, 1.82) is 0 Å². The molecule has 2 N–H and O–H groups in total. The monoisotopic (exact) mass is 373 g/mol. The summed E-state index contributed by atoms with van der Waals surface area (Å²) in [6.45, 7) is 11.9. The molecule has 1 aliphatic rings. The molecule has 0 radical (unpaired) electrons. The molecule has 148 valence electrons. The van der Waals surface area contributed by atoms with Gasteiger partial charge in [-0.25, -0.2) is 4.79 Å². The van der Waals surface area contributed by atoms with E-state index >= 15 is 0 Å². The second-order valence-corrected chi connectivity index (χ2v) is 8.96. The summed E-state index contributed by atoms with van der Waals surface area (Å²) in [6, 6.07) is 7.08. The third-order valence-electron chi connectivity index (χ3n) is 4.90. The van der Waals surface area contributed by atoms with Gasteiger partial charge in [-0.2, -0.15) is 0 Å². The molecule has 0 aliphatic carbocycles. The van der Waals surface area contributed by atoms with Gasteiger partial charge in [0.1, 0.15) is 12.1 Å². The number of anilines is 1. The average Bonchev–Trinajstić information content (AvgIpc) is 2.76. The number of carbonyl (C=O) groups excluding carboxylic acids is 3. The molecular formula is C21H31N3O3. The molecule has 1 fully saturated rings. The predicted octanol–water partition coefficient (Wildman–Crippen LogP) is 3.67. The largest absolute Gasteiger partial charge is 0.325 e. The first kappa shape index (κ1) is 20.9. The molecule has 2 rings (SSSR count). The Morgan fingerprint density at radius 3 is 2.30 bits per heavy atom. The van der Waals surface area contributed by atoms with Gasteiger partial charge in [0.2, 0.25) is 5.91 Å². The van der Waals surface area contributed by atoms with Gasteiger partial charge in [-0.3, -0.25) is 14.5 Å². The highest BCUT2D eigenvalue weighted by Crippen LogP contribution is 2.25. The number of rotatable bonds is 6. The maximum Gasteiger partial charge on any atom is 0.325 e. The normalized spacial score (nSPS) is 20.2. The molecule has 27 heavy (non-hydrogen) atoms. The van der Waals surface area contributed by atoms with Crippen LogP contribution in [0.15, 0.2) is 24.3 Å². The summed E-state index contributed by atoms with van der Waals surface area (Å²) < 4.78 is 0. The van der Waals surface area contributed by atoms with Crippen LogP contribution >= 0.6 is 0 Å². The summed E-state index contributed by atoms with van der Waals surface area (Å²) >= 11 is 0. The van der Waals surface area contributed by atoms with Crippen molar-refractivity contribution >= 4 is 23.5 Å². The first-order valence-electron chi connectivity index (χ1n) is 9.47. The van der Waals surface area contributed by atoms with Gasteiger partial charge in [0.15, 0.2) is 0 Å². The molecule has 1 atom stereocenters. The van der Waals surface area contributed by atoms with Gasteiger partial charge in [0, 0.05) is 5.69 Å². The molecule has 0 saturated carbocycles. The third-order valence-corrected chi connectivity index (χ3v) is 4.90. The number of imide groups is 1. The molecule has 1 aromatic rings. The van der Waals surface area contributed by atoms with Crippen LogP contribution in [0.1, 0.15) is 59.9 Å². The highest BCUT2D eigenvalue weighted by molar-refractivity contribution is 6.09. The summed E-state index contributed by atoms with van der Waals surface area (Å²) in [4.78, 5) is 38.2. The minimum Gasteiger partial charge on any atom is -0.325 e. The van der Waals surface area contributed by atoms with Crippen LogP contribution in [0.3, 0.4) is 0 Å². The minimum absolute atomic E-state index is 0.0308. The van der Waals surface area contributed by atoms with Crippen molar-refractivity contribution in [2.45, 2.75) is 65.3 Å². The zero-order valence-corrected chi connectivity index (χ0v) is 17.2. The van der Waals surface area contributed by atoms with E-state index in [9.17, 15) is 14.4 Å². The van der Waals surface area contributed by atoms with Gasteiger partial charge in [-0.1, -0.05) is 46.8 Å². The van der Waals surface area contributed by atoms with Gasteiger partial charge in [-0.05, 0) is 48.8 Å². The van der Waals surface area contributed by atoms with Gasteiger partial charge < -0.3 is 10.6 Å². The molecular weight excluding hydrogens is 342 g/mol. The van der Waals surface area contributed by atoms with E-state index in [4.69, 9.17) is 0 Å². The molecule has 0 spiro atoms. The Balaban J connectivity index is 1.99. The number of amides is 4. The Labute approximate surface area is 161 Å². The first-order valence-corrected chi connectivity index (χ1v) is 9.47. The van der Waals surface area contributed by atoms with Crippen molar-refractivity contribution in [2.75, 3.05) is 11.9 Å². The van der Waals surface area contributed by atoms with Gasteiger partial charge in [0.25, 0.3) is 5.91 Å². The molecule has 1 aliphatic heterocycles. The molecule has 0 bridgehead atoms. The number of urea groups is 1. The summed E-state index contributed by atoms with van der Waals surface area (Å²) in [7, 11) is 0. The number of hydrogen-bond acceptors (Lipinski definition) is 3. The molecule has 1 aromatic carbocycles. The van der Waals surface area contributed by atoms with Crippen LogP contribution < -0.4 is 10.6 Å². The molecule has 6 heteroatoms. The van der Waals surface area contributed by atoms with Gasteiger partial charge in [0.05, 0.1) is 0 Å². The van der Waals surface area contributed by atoms with Gasteiger partial charge in [-0.15, -0.1) is 0 Å². The highest BCUT2D eigenvalue weighted by Gasteiger charge is 2.47. The van der Waals surface area contributed by atoms with Crippen LogP contribution in [0, 0.1) is 5.92 Å². The lowest BCUT2D eigenvalue weighted by molar-refractivity contribution is -0.133. The fourth-order valence-electron chi connectivity index (χ4n) is 3.04. The topological polar surface area (TPSA) is 78.5 Å². The third kappa shape index (κ3) is 5.08. The van der Waals surface area contributed by atoms with Gasteiger partial charge >= 0.3 is 6.03 Å². The highest BCUT2D eigenvalue weighted by atomic mass is 16.2. The number of nitrogens with zero attached hydrogens (tertiary/aromatic N) is 1. The Kier molecular flexibility index (Phi) is 5.97. The van der Waals surface area contributed by atoms with Crippen LogP contribution in [0.25, 0.3) is 0 Å². The zero-order chi connectivity index (χ0) is 20.4. The van der Waals surface area contributed by atoms with E-state index in [0.29, 0.717) is 18.0 Å². The van der Waals surface area contributed by atoms with Crippen LogP contribution in [-0.2, 0) is 15.0 Å². The number of benzene rings is 1. The minimum atomic E-state index is -0.935. The van der Waals surface area contributed by atoms with Crippen molar-refractivity contribution in [2.24, 2.45) is 5.92 Å². The van der Waals surface area contributed by atoms with Crippen LogP contribution in [0.2, 0.25) is 0 Å². The maximum atomic E-state index is 12.7. The summed E-state index contributed by atoms with van der Waals surface area (Å²) in [5.41, 5.74) is 0.900. The van der Waals surface area contributed by atoms with Crippen molar-refractivity contribution in [3.8, 4) is 0 Å². The van der Waals surface area contributed by atoms with E-state index in [-0.39, 0.29) is 17.9 Å². The van der Waals surface area contributed by atoms with Crippen molar-refractivity contribution in [1.82, 2.24) is 10.2 Å². The maximum absolute atomic E-state index is 12.7. The zero-order valence-electron chi connectivity index (χ0n) is 17.2. The van der Waals surface area contributed by atoms with Crippen molar-refractivity contribution in [3.63, 3.8) is 0 Å². The molecule has 4 amide bonds. The number of nitrogens with one attached hydrogen (secondary N) is 2. The van der Waals surface area contributed by atoms with Crippen LogP contribution in [0.5, 0.6) is 0 Å². The number of carbonyl (C=O) groups is 3. The van der Waals surface area contributed by atoms with E-state index < -0.39 is 17.5 Å². The lowest BCUT2D eigenvalue weighted by atomic mass is 9.87. The molecule has 0 aromatic heterocycles. The van der Waals surface area contributed by atoms with E-state index in [1.54, 1.807) is 6.92 Å². The Bertz CT molecular complexity index is 719. The number of hydrogen-bond donors (Lipinski definition) is 2. The van der Waals surface area contributed by atoms with E-state index in [1.165, 1.54) is 0 Å². The van der Waals surface area contributed by atoms with Crippen LogP contribution in [0.4, 0.5) is 10.5 Å². The lowest BCUT2D eigenvalue weighted by Gasteiger charge is -2.22. The van der Waals surface area contributed by atoms with Crippen molar-refractivity contribution < 1.29 is 14.4 Å². The molecule has 1 heterocycles. The molecule has 6 nitrogen and oxygen atoms in total. The SMILES string of the molecule is CC(C)CCC1(C)NC(=O)N(CC(=O)Nc2ccc(C(C)(C)C)cc2)C1=O. The predicted molar refractivity (Wildman–Crippen MR) is 106 cm³/mol. The second kappa shape index (κ2) is 7.71. The lowest BCUT2D eigenvalue weighted by Crippen LogP contribution is -2.44.